The van der Waals surface area contributed by atoms with Gasteiger partial charge in [-0.15, -0.1) is 0 Å². The molecule has 0 bridgehead atoms. The lowest BCUT2D eigenvalue weighted by Crippen LogP contribution is -2.23. The molecule has 2 aromatic carbocycles. The average Bonchev–Trinajstić information content (AvgIpc) is 3.34. The summed E-state index contributed by atoms with van der Waals surface area (Å²) in [5, 5.41) is 0. The van der Waals surface area contributed by atoms with E-state index in [2.05, 4.69) is 9.97 Å². The summed E-state index contributed by atoms with van der Waals surface area (Å²) in [4.78, 5) is 8.56. The summed E-state index contributed by atoms with van der Waals surface area (Å²) in [7, 11) is -2.74. The van der Waals surface area contributed by atoms with Crippen molar-refractivity contribution in [3.8, 4) is 0 Å². The minimum Gasteiger partial charge on any atom is -0.312 e. The summed E-state index contributed by atoms with van der Waals surface area (Å²) in [6.45, 7) is 0.0583. The van der Waals surface area contributed by atoms with Gasteiger partial charge in [-0.3, -0.25) is 4.57 Å². The second kappa shape index (κ2) is 8.22. The van der Waals surface area contributed by atoms with E-state index in [1.165, 1.54) is 0 Å². The summed E-state index contributed by atoms with van der Waals surface area (Å²) in [6.07, 6.45) is 2.21. The molecule has 146 valence electrons. The van der Waals surface area contributed by atoms with Crippen molar-refractivity contribution < 1.29 is 13.6 Å². The third-order valence-electron chi connectivity index (χ3n) is 4.42. The van der Waals surface area contributed by atoms with Crippen LogP contribution in [0.25, 0.3) is 22.1 Å². The van der Waals surface area contributed by atoms with Gasteiger partial charge >= 0.3 is 8.25 Å². The van der Waals surface area contributed by atoms with Crippen molar-refractivity contribution in [2.45, 2.75) is 12.3 Å². The number of nitrogens with two attached hydrogens (primary N) is 2. The Labute approximate surface area is 161 Å². The average molecular weight is 400 g/mol. The Kier molecular flexibility index (Phi) is 5.52. The lowest BCUT2D eigenvalue weighted by molar-refractivity contribution is 0.183. The van der Waals surface area contributed by atoms with E-state index in [4.69, 9.17) is 20.5 Å². The van der Waals surface area contributed by atoms with Crippen molar-refractivity contribution in [1.82, 2.24) is 19.1 Å². The SMILES string of the molecule is NC(CO[PH](=O)OCC(N)n1cnc2ccccc21)n1cnc2ccccc21. The second-order valence-corrected chi connectivity index (χ2v) is 7.37. The first-order chi connectivity index (χ1) is 13.6. The van der Waals surface area contributed by atoms with Crippen LogP contribution < -0.4 is 11.5 Å². The predicted octanol–water partition coefficient (Wildman–Crippen LogP) is 2.42. The number of fused-ring (bicyclic) bond motifs is 2. The van der Waals surface area contributed by atoms with Crippen LogP contribution in [0.2, 0.25) is 0 Å². The lowest BCUT2D eigenvalue weighted by Gasteiger charge is -2.16. The van der Waals surface area contributed by atoms with Crippen LogP contribution in [0.3, 0.4) is 0 Å². The zero-order valence-electron chi connectivity index (χ0n) is 15.0. The Morgan fingerprint density at radius 2 is 1.25 bits per heavy atom. The predicted molar refractivity (Wildman–Crippen MR) is 107 cm³/mol. The summed E-state index contributed by atoms with van der Waals surface area (Å²) < 4.78 is 26.2. The Morgan fingerprint density at radius 1 is 0.821 bits per heavy atom. The standard InChI is InChI=1S/C18H21N6O3P/c19-17(23-11-21-13-5-1-3-7-15(13)23)9-26-28(25)27-10-18(20)24-12-22-14-6-2-4-8-16(14)24/h1-8,11-12,17-18,28H,9-10,19-20H2. The highest BCUT2D eigenvalue weighted by Crippen LogP contribution is 2.27. The molecular formula is C18H21N6O3P. The molecule has 0 radical (unpaired) electrons. The molecule has 0 spiro atoms. The largest absolute Gasteiger partial charge is 0.319 e. The van der Waals surface area contributed by atoms with Gasteiger partial charge in [0, 0.05) is 0 Å². The Bertz CT molecular complexity index is 1020. The number of nitrogens with zero attached hydrogens (tertiary/aromatic N) is 4. The van der Waals surface area contributed by atoms with E-state index >= 15 is 0 Å². The van der Waals surface area contributed by atoms with Gasteiger partial charge in [0.2, 0.25) is 0 Å². The minimum absolute atomic E-state index is 0.0292. The topological polar surface area (TPSA) is 123 Å². The molecule has 4 aromatic rings. The van der Waals surface area contributed by atoms with Crippen LogP contribution in [0.1, 0.15) is 12.3 Å². The molecular weight excluding hydrogens is 379 g/mol. The van der Waals surface area contributed by atoms with Crippen molar-refractivity contribution in [2.24, 2.45) is 11.5 Å². The number of hydrogen-bond acceptors (Lipinski definition) is 7. The van der Waals surface area contributed by atoms with Gasteiger partial charge in [-0.25, -0.2) is 9.97 Å². The van der Waals surface area contributed by atoms with E-state index in [0.29, 0.717) is 0 Å². The number of hydrogen-bond donors (Lipinski definition) is 2. The molecule has 10 heteroatoms. The molecule has 2 atom stereocenters. The van der Waals surface area contributed by atoms with E-state index in [-0.39, 0.29) is 13.2 Å². The van der Waals surface area contributed by atoms with E-state index in [0.717, 1.165) is 22.1 Å². The molecule has 0 saturated carbocycles. The van der Waals surface area contributed by atoms with Crippen LogP contribution in [-0.4, -0.2) is 32.3 Å². The zero-order chi connectivity index (χ0) is 19.5. The fraction of sp³-hybridized carbons (Fsp3) is 0.222. The van der Waals surface area contributed by atoms with Crippen LogP contribution in [0, 0.1) is 0 Å². The maximum absolute atomic E-state index is 12.1. The normalized spacial score (nSPS) is 15.1. The number of benzene rings is 2. The van der Waals surface area contributed by atoms with Crippen LogP contribution in [-0.2, 0) is 13.6 Å². The molecule has 0 aliphatic rings. The summed E-state index contributed by atoms with van der Waals surface area (Å²) in [5.74, 6) is 0. The van der Waals surface area contributed by atoms with E-state index in [9.17, 15) is 4.57 Å². The van der Waals surface area contributed by atoms with Gasteiger partial charge in [-0.1, -0.05) is 24.3 Å². The second-order valence-electron chi connectivity index (χ2n) is 6.29. The molecule has 0 aliphatic carbocycles. The molecule has 2 aromatic heterocycles. The van der Waals surface area contributed by atoms with Gasteiger partial charge in [0.1, 0.15) is 12.3 Å². The molecule has 9 nitrogen and oxygen atoms in total. The van der Waals surface area contributed by atoms with Crippen molar-refractivity contribution in [2.75, 3.05) is 13.2 Å². The molecule has 4 rings (SSSR count). The highest BCUT2D eigenvalue weighted by Gasteiger charge is 2.14. The fourth-order valence-electron chi connectivity index (χ4n) is 2.99. The first-order valence-electron chi connectivity index (χ1n) is 8.77. The van der Waals surface area contributed by atoms with Gasteiger partial charge in [-0.2, -0.15) is 0 Å². The van der Waals surface area contributed by atoms with Gasteiger partial charge < -0.3 is 29.6 Å². The molecule has 2 unspecified atom stereocenters. The monoisotopic (exact) mass is 400 g/mol. The fourth-order valence-corrected chi connectivity index (χ4v) is 3.69. The van der Waals surface area contributed by atoms with Crippen molar-refractivity contribution >= 4 is 30.3 Å². The smallest absolute Gasteiger partial charge is 0.312 e. The van der Waals surface area contributed by atoms with E-state index in [1.54, 1.807) is 21.8 Å². The summed E-state index contributed by atoms with van der Waals surface area (Å²) >= 11 is 0. The maximum Gasteiger partial charge on any atom is 0.319 e. The van der Waals surface area contributed by atoms with Crippen molar-refractivity contribution in [3.63, 3.8) is 0 Å². The van der Waals surface area contributed by atoms with E-state index < -0.39 is 20.6 Å². The number of para-hydroxylation sites is 4. The number of rotatable bonds is 8. The van der Waals surface area contributed by atoms with Crippen LogP contribution in [0.4, 0.5) is 0 Å². The molecule has 4 N–H and O–H groups in total. The highest BCUT2D eigenvalue weighted by molar-refractivity contribution is 7.33. The third kappa shape index (κ3) is 3.84. The van der Waals surface area contributed by atoms with Crippen molar-refractivity contribution in [1.29, 1.82) is 0 Å². The molecule has 0 saturated heterocycles. The summed E-state index contributed by atoms with van der Waals surface area (Å²) in [6, 6.07) is 15.2. The number of aromatic nitrogens is 4. The number of imidazole rings is 2. The molecule has 28 heavy (non-hydrogen) atoms. The third-order valence-corrected chi connectivity index (χ3v) is 5.23. The first-order valence-corrected chi connectivity index (χ1v) is 10.00. The maximum atomic E-state index is 12.1. The Balaban J connectivity index is 1.31. The molecule has 0 aliphatic heterocycles. The molecule has 2 heterocycles. The summed E-state index contributed by atoms with van der Waals surface area (Å²) in [5.41, 5.74) is 15.7. The molecule has 0 amide bonds. The Hall–Kier alpha value is -2.55. The first kappa shape index (κ1) is 18.8. The highest BCUT2D eigenvalue weighted by atomic mass is 31.1. The van der Waals surface area contributed by atoms with Gasteiger partial charge in [-0.05, 0) is 24.3 Å². The minimum atomic E-state index is -2.74. The van der Waals surface area contributed by atoms with Crippen LogP contribution in [0.15, 0.2) is 61.2 Å². The van der Waals surface area contributed by atoms with Crippen LogP contribution in [0.5, 0.6) is 0 Å². The zero-order valence-corrected chi connectivity index (χ0v) is 16.0. The van der Waals surface area contributed by atoms with Gasteiger partial charge in [0.25, 0.3) is 0 Å². The Morgan fingerprint density at radius 3 is 1.71 bits per heavy atom. The lowest BCUT2D eigenvalue weighted by atomic mass is 10.3. The van der Waals surface area contributed by atoms with E-state index in [1.807, 2.05) is 48.5 Å². The van der Waals surface area contributed by atoms with Gasteiger partial charge in [0.15, 0.2) is 0 Å². The molecule has 0 fully saturated rings. The quantitative estimate of drug-likeness (QED) is 0.435. The van der Waals surface area contributed by atoms with Crippen LogP contribution >= 0.6 is 8.25 Å². The van der Waals surface area contributed by atoms with Gasteiger partial charge in [0.05, 0.1) is 47.9 Å². The van der Waals surface area contributed by atoms with Crippen molar-refractivity contribution in [3.05, 3.63) is 61.2 Å².